The summed E-state index contributed by atoms with van der Waals surface area (Å²) >= 11 is 0. The lowest BCUT2D eigenvalue weighted by Gasteiger charge is -2.29. The maximum absolute atomic E-state index is 11.0. The zero-order valence-electron chi connectivity index (χ0n) is 7.95. The number of carbonyl (C=O) groups is 2. The summed E-state index contributed by atoms with van der Waals surface area (Å²) in [5, 5.41) is 2.58. The minimum atomic E-state index is 0.0200. The van der Waals surface area contributed by atoms with Crippen LogP contribution in [0.3, 0.4) is 0 Å². The van der Waals surface area contributed by atoms with Crippen LogP contribution in [0.25, 0.3) is 0 Å². The van der Waals surface area contributed by atoms with Crippen molar-refractivity contribution in [2.45, 2.75) is 12.8 Å². The molecule has 1 unspecified atom stereocenters. The molecule has 0 saturated carbocycles. The molecule has 1 atom stereocenters. The number of likely N-dealkylation sites (tertiary alicyclic amines) is 1. The van der Waals surface area contributed by atoms with Crippen LogP contribution in [0.5, 0.6) is 0 Å². The minimum absolute atomic E-state index is 0.0200. The number of carbonyl (C=O) groups excluding carboxylic acids is 2. The van der Waals surface area contributed by atoms with E-state index in [1.54, 1.807) is 7.05 Å². The molecule has 0 spiro atoms. The number of nitrogens with zero attached hydrogens (tertiary/aromatic N) is 1. The van der Waals surface area contributed by atoms with Crippen LogP contribution in [0.15, 0.2) is 0 Å². The predicted molar refractivity (Wildman–Crippen MR) is 49.3 cm³/mol. The summed E-state index contributed by atoms with van der Waals surface area (Å²) in [6.07, 6.45) is 2.98. The fraction of sp³-hybridized carbons (Fsp3) is 0.778. The highest BCUT2D eigenvalue weighted by Gasteiger charge is 2.20. The largest absolute Gasteiger partial charge is 0.358 e. The van der Waals surface area contributed by atoms with E-state index in [4.69, 9.17) is 0 Å². The third-order valence-corrected chi connectivity index (χ3v) is 2.38. The molecule has 0 aromatic heterocycles. The fourth-order valence-electron chi connectivity index (χ4n) is 1.63. The maximum atomic E-state index is 11.0. The summed E-state index contributed by atoms with van der Waals surface area (Å²) in [5.41, 5.74) is 0. The van der Waals surface area contributed by atoms with Crippen molar-refractivity contribution in [3.8, 4) is 0 Å². The van der Waals surface area contributed by atoms with Gasteiger partial charge in [-0.1, -0.05) is 0 Å². The molecule has 0 aliphatic carbocycles. The Morgan fingerprint density at radius 2 is 2.46 bits per heavy atom. The Hall–Kier alpha value is -0.900. The highest BCUT2D eigenvalue weighted by atomic mass is 16.2. The first-order valence-electron chi connectivity index (χ1n) is 4.64. The van der Waals surface area contributed by atoms with Crippen LogP contribution < -0.4 is 5.32 Å². The van der Waals surface area contributed by atoms with Gasteiger partial charge in [0.05, 0.1) is 6.54 Å². The zero-order valence-corrected chi connectivity index (χ0v) is 7.95. The van der Waals surface area contributed by atoms with Gasteiger partial charge in [0.2, 0.25) is 5.91 Å². The quantitative estimate of drug-likeness (QED) is 0.610. The number of aldehydes is 1. The van der Waals surface area contributed by atoms with E-state index in [1.807, 2.05) is 4.90 Å². The molecule has 13 heavy (non-hydrogen) atoms. The average molecular weight is 184 g/mol. The van der Waals surface area contributed by atoms with E-state index in [2.05, 4.69) is 5.32 Å². The molecule has 0 radical (unpaired) electrons. The Morgan fingerprint density at radius 3 is 3.08 bits per heavy atom. The number of rotatable bonds is 3. The summed E-state index contributed by atoms with van der Waals surface area (Å²) in [6, 6.07) is 0. The number of piperidine rings is 1. The number of hydrogen-bond acceptors (Lipinski definition) is 3. The molecule has 0 aromatic rings. The van der Waals surface area contributed by atoms with E-state index in [0.29, 0.717) is 6.54 Å². The van der Waals surface area contributed by atoms with Crippen LogP contribution in [-0.2, 0) is 9.59 Å². The smallest absolute Gasteiger partial charge is 0.233 e. The lowest BCUT2D eigenvalue weighted by molar-refractivity contribution is -0.123. The van der Waals surface area contributed by atoms with Crippen molar-refractivity contribution in [3.63, 3.8) is 0 Å². The minimum Gasteiger partial charge on any atom is -0.358 e. The lowest BCUT2D eigenvalue weighted by Crippen LogP contribution is -2.42. The molecule has 4 nitrogen and oxygen atoms in total. The molecule has 1 heterocycles. The monoisotopic (exact) mass is 184 g/mol. The van der Waals surface area contributed by atoms with Crippen LogP contribution in [0.4, 0.5) is 0 Å². The van der Waals surface area contributed by atoms with Crippen LogP contribution in [0, 0.1) is 5.92 Å². The molecule has 1 saturated heterocycles. The topological polar surface area (TPSA) is 49.4 Å². The van der Waals surface area contributed by atoms with Gasteiger partial charge < -0.3 is 10.1 Å². The summed E-state index contributed by atoms with van der Waals surface area (Å²) in [6.45, 7) is 2.08. The van der Waals surface area contributed by atoms with Crippen LogP contribution in [0.2, 0.25) is 0 Å². The molecule has 1 aliphatic rings. The van der Waals surface area contributed by atoms with Gasteiger partial charge in [-0.2, -0.15) is 0 Å². The summed E-state index contributed by atoms with van der Waals surface area (Å²) in [7, 11) is 1.63. The highest BCUT2D eigenvalue weighted by molar-refractivity contribution is 5.77. The summed E-state index contributed by atoms with van der Waals surface area (Å²) in [5.74, 6) is 0.143. The van der Waals surface area contributed by atoms with Crippen molar-refractivity contribution in [2.75, 3.05) is 26.7 Å². The molecule has 1 N–H and O–H groups in total. The first-order valence-corrected chi connectivity index (χ1v) is 4.64. The van der Waals surface area contributed by atoms with Gasteiger partial charge in [0.25, 0.3) is 0 Å². The van der Waals surface area contributed by atoms with E-state index in [1.165, 1.54) is 0 Å². The average Bonchev–Trinajstić information content (AvgIpc) is 2.18. The van der Waals surface area contributed by atoms with Crippen molar-refractivity contribution in [1.82, 2.24) is 10.2 Å². The van der Waals surface area contributed by atoms with E-state index in [9.17, 15) is 9.59 Å². The van der Waals surface area contributed by atoms with E-state index >= 15 is 0 Å². The van der Waals surface area contributed by atoms with Gasteiger partial charge in [-0.05, 0) is 19.4 Å². The molecule has 1 fully saturated rings. The van der Waals surface area contributed by atoms with Crippen LogP contribution >= 0.6 is 0 Å². The molecular formula is C9H16N2O2. The lowest BCUT2D eigenvalue weighted by atomic mass is 10.00. The SMILES string of the molecule is CNC(=O)CN1CCCC(C=O)C1. The van der Waals surface area contributed by atoms with Gasteiger partial charge >= 0.3 is 0 Å². The van der Waals surface area contributed by atoms with Crippen molar-refractivity contribution >= 4 is 12.2 Å². The third kappa shape index (κ3) is 3.14. The standard InChI is InChI=1S/C9H16N2O2/c1-10-9(13)6-11-4-2-3-8(5-11)7-12/h7-8H,2-6H2,1H3,(H,10,13). The first-order chi connectivity index (χ1) is 6.26. The molecule has 0 aromatic carbocycles. The van der Waals surface area contributed by atoms with Gasteiger partial charge in [-0.3, -0.25) is 9.69 Å². The number of likely N-dealkylation sites (N-methyl/N-ethyl adjacent to an activating group) is 1. The molecule has 74 valence electrons. The predicted octanol–water partition coefficient (Wildman–Crippen LogP) is -0.357. The Labute approximate surface area is 78.3 Å². The number of nitrogens with one attached hydrogen (secondary N) is 1. The Balaban J connectivity index is 2.33. The van der Waals surface area contributed by atoms with Crippen LogP contribution in [-0.4, -0.2) is 43.8 Å². The van der Waals surface area contributed by atoms with Gasteiger partial charge in [0.15, 0.2) is 0 Å². The highest BCUT2D eigenvalue weighted by Crippen LogP contribution is 2.13. The van der Waals surface area contributed by atoms with Gasteiger partial charge in [0, 0.05) is 19.5 Å². The molecule has 1 aliphatic heterocycles. The molecule has 1 rings (SSSR count). The van der Waals surface area contributed by atoms with Gasteiger partial charge in [-0.15, -0.1) is 0 Å². The van der Waals surface area contributed by atoms with E-state index in [-0.39, 0.29) is 11.8 Å². The molecule has 0 bridgehead atoms. The molecule has 4 heteroatoms. The Kier molecular flexibility index (Phi) is 3.89. The van der Waals surface area contributed by atoms with Crippen molar-refractivity contribution in [2.24, 2.45) is 5.92 Å². The van der Waals surface area contributed by atoms with E-state index < -0.39 is 0 Å². The van der Waals surface area contributed by atoms with Crippen LogP contribution in [0.1, 0.15) is 12.8 Å². The second kappa shape index (κ2) is 4.97. The maximum Gasteiger partial charge on any atom is 0.233 e. The summed E-state index contributed by atoms with van der Waals surface area (Å²) < 4.78 is 0. The molecule has 1 amide bonds. The second-order valence-electron chi connectivity index (χ2n) is 3.45. The summed E-state index contributed by atoms with van der Waals surface area (Å²) in [4.78, 5) is 23.6. The Morgan fingerprint density at radius 1 is 1.69 bits per heavy atom. The molecular weight excluding hydrogens is 168 g/mol. The normalized spacial score (nSPS) is 23.9. The van der Waals surface area contributed by atoms with Crippen molar-refractivity contribution in [1.29, 1.82) is 0 Å². The van der Waals surface area contributed by atoms with E-state index in [0.717, 1.165) is 32.2 Å². The van der Waals surface area contributed by atoms with Gasteiger partial charge in [0.1, 0.15) is 6.29 Å². The third-order valence-electron chi connectivity index (χ3n) is 2.38. The number of amides is 1. The Bertz CT molecular complexity index is 194. The van der Waals surface area contributed by atoms with Crippen molar-refractivity contribution in [3.05, 3.63) is 0 Å². The number of hydrogen-bond donors (Lipinski definition) is 1. The van der Waals surface area contributed by atoms with Gasteiger partial charge in [-0.25, -0.2) is 0 Å². The first kappa shape index (κ1) is 10.2. The fourth-order valence-corrected chi connectivity index (χ4v) is 1.63. The zero-order chi connectivity index (χ0) is 9.68. The van der Waals surface area contributed by atoms with Crippen molar-refractivity contribution < 1.29 is 9.59 Å². The second-order valence-corrected chi connectivity index (χ2v) is 3.45.